The summed E-state index contributed by atoms with van der Waals surface area (Å²) >= 11 is 0. The van der Waals surface area contributed by atoms with E-state index in [1.807, 2.05) is 24.7 Å². The molecule has 2 fully saturated rings. The zero-order valence-corrected chi connectivity index (χ0v) is 15.5. The lowest BCUT2D eigenvalue weighted by Gasteiger charge is -2.35. The first-order chi connectivity index (χ1) is 13.3. The molecular weight excluding hydrogens is 342 g/mol. The summed E-state index contributed by atoms with van der Waals surface area (Å²) in [5, 5.41) is 0. The normalized spacial score (nSPS) is 25.7. The van der Waals surface area contributed by atoms with Crippen LogP contribution in [0.4, 0.5) is 5.95 Å². The van der Waals surface area contributed by atoms with Crippen LogP contribution in [0.2, 0.25) is 0 Å². The second-order valence-corrected chi connectivity index (χ2v) is 7.74. The lowest BCUT2D eigenvalue weighted by Crippen LogP contribution is -2.42. The highest BCUT2D eigenvalue weighted by atomic mass is 16.5. The van der Waals surface area contributed by atoms with Crippen LogP contribution in [-0.2, 0) is 28.0 Å². The maximum absolute atomic E-state index is 5.96. The van der Waals surface area contributed by atoms with Gasteiger partial charge < -0.3 is 14.4 Å². The number of anilines is 1. The van der Waals surface area contributed by atoms with E-state index in [2.05, 4.69) is 25.8 Å². The number of fused-ring (bicyclic) bond motifs is 2. The summed E-state index contributed by atoms with van der Waals surface area (Å²) in [6.07, 6.45) is 6.82. The molecule has 5 rings (SSSR count). The van der Waals surface area contributed by atoms with Crippen molar-refractivity contribution in [2.45, 2.75) is 25.0 Å². The number of aromatic nitrogens is 3. The fourth-order valence-corrected chi connectivity index (χ4v) is 4.46. The highest BCUT2D eigenvalue weighted by molar-refractivity contribution is 5.38. The SMILES string of the molecule is c1cncc(CN2CC[C@]3(COCc4cnc(N5CCOCC5)nc43)C2)c1. The van der Waals surface area contributed by atoms with Gasteiger partial charge in [-0.2, -0.15) is 0 Å². The van der Waals surface area contributed by atoms with Crippen molar-refractivity contribution in [3.63, 3.8) is 0 Å². The van der Waals surface area contributed by atoms with Crippen molar-refractivity contribution in [3.8, 4) is 0 Å². The number of hydrogen-bond acceptors (Lipinski definition) is 7. The molecule has 0 aromatic carbocycles. The lowest BCUT2D eigenvalue weighted by molar-refractivity contribution is 0.0502. The van der Waals surface area contributed by atoms with E-state index in [1.54, 1.807) is 0 Å². The molecule has 2 aromatic heterocycles. The van der Waals surface area contributed by atoms with Gasteiger partial charge in [0, 0.05) is 50.3 Å². The molecule has 0 amide bonds. The highest BCUT2D eigenvalue weighted by Gasteiger charge is 2.45. The smallest absolute Gasteiger partial charge is 0.225 e. The zero-order valence-electron chi connectivity index (χ0n) is 15.5. The topological polar surface area (TPSA) is 63.6 Å². The van der Waals surface area contributed by atoms with Gasteiger partial charge in [-0.05, 0) is 24.6 Å². The van der Waals surface area contributed by atoms with E-state index in [1.165, 1.54) is 11.3 Å². The highest BCUT2D eigenvalue weighted by Crippen LogP contribution is 2.39. The fraction of sp³-hybridized carbons (Fsp3) is 0.550. The van der Waals surface area contributed by atoms with Crippen molar-refractivity contribution >= 4 is 5.95 Å². The standard InChI is InChI=1S/C20H25N5O2/c1-2-16(10-21-4-1)12-24-5-3-20(14-24)15-27-13-17-11-22-19(23-18(17)20)25-6-8-26-9-7-25/h1-2,4,10-11H,3,5-9,12-15H2/t20-/m1/s1. The van der Waals surface area contributed by atoms with E-state index in [4.69, 9.17) is 14.5 Å². The van der Waals surface area contributed by atoms with Crippen LogP contribution in [0.25, 0.3) is 0 Å². The minimum atomic E-state index is -0.0280. The Morgan fingerprint density at radius 1 is 1.11 bits per heavy atom. The third-order valence-corrected chi connectivity index (χ3v) is 5.85. The first-order valence-electron chi connectivity index (χ1n) is 9.71. The van der Waals surface area contributed by atoms with Gasteiger partial charge in [0.25, 0.3) is 0 Å². The zero-order chi connectivity index (χ0) is 18.1. The maximum Gasteiger partial charge on any atom is 0.225 e. The Balaban J connectivity index is 1.40. The second-order valence-electron chi connectivity index (χ2n) is 7.74. The minimum Gasteiger partial charge on any atom is -0.378 e. The first-order valence-corrected chi connectivity index (χ1v) is 9.71. The van der Waals surface area contributed by atoms with Crippen LogP contribution in [0, 0.1) is 0 Å². The summed E-state index contributed by atoms with van der Waals surface area (Å²) < 4.78 is 11.4. The molecule has 0 unspecified atom stereocenters. The van der Waals surface area contributed by atoms with Gasteiger partial charge in [0.1, 0.15) is 0 Å². The molecule has 5 heterocycles. The van der Waals surface area contributed by atoms with E-state index in [-0.39, 0.29) is 5.41 Å². The van der Waals surface area contributed by atoms with Gasteiger partial charge in [0.05, 0.1) is 37.5 Å². The molecule has 2 saturated heterocycles. The molecule has 7 heteroatoms. The molecule has 27 heavy (non-hydrogen) atoms. The maximum atomic E-state index is 5.96. The van der Waals surface area contributed by atoms with Gasteiger partial charge in [-0.25, -0.2) is 9.97 Å². The van der Waals surface area contributed by atoms with Crippen LogP contribution in [0.1, 0.15) is 23.2 Å². The van der Waals surface area contributed by atoms with Gasteiger partial charge in [0.15, 0.2) is 0 Å². The summed E-state index contributed by atoms with van der Waals surface area (Å²) in [4.78, 5) is 18.6. The van der Waals surface area contributed by atoms with Crippen LogP contribution < -0.4 is 4.90 Å². The molecule has 0 bridgehead atoms. The van der Waals surface area contributed by atoms with Crippen LogP contribution >= 0.6 is 0 Å². The van der Waals surface area contributed by atoms with Crippen molar-refractivity contribution in [3.05, 3.63) is 47.5 Å². The van der Waals surface area contributed by atoms with Crippen LogP contribution in [0.15, 0.2) is 30.7 Å². The average Bonchev–Trinajstić information content (AvgIpc) is 3.12. The Bertz CT molecular complexity index is 796. The molecule has 0 saturated carbocycles. The molecule has 7 nitrogen and oxygen atoms in total. The summed E-state index contributed by atoms with van der Waals surface area (Å²) in [5.41, 5.74) is 3.56. The molecule has 3 aliphatic heterocycles. The van der Waals surface area contributed by atoms with Crippen LogP contribution in [-0.4, -0.2) is 65.9 Å². The molecule has 0 radical (unpaired) electrons. The molecular formula is C20H25N5O2. The third-order valence-electron chi connectivity index (χ3n) is 5.85. The van der Waals surface area contributed by atoms with Gasteiger partial charge in [-0.1, -0.05) is 6.07 Å². The summed E-state index contributed by atoms with van der Waals surface area (Å²) in [5.74, 6) is 0.837. The number of ether oxygens (including phenoxy) is 2. The molecule has 1 spiro atoms. The first kappa shape index (κ1) is 17.0. The van der Waals surface area contributed by atoms with Gasteiger partial charge >= 0.3 is 0 Å². The Kier molecular flexibility index (Phi) is 4.51. The van der Waals surface area contributed by atoms with Crippen molar-refractivity contribution in [1.82, 2.24) is 19.9 Å². The largest absolute Gasteiger partial charge is 0.378 e. The third kappa shape index (κ3) is 3.31. The Morgan fingerprint density at radius 3 is 2.89 bits per heavy atom. The second kappa shape index (κ2) is 7.14. The minimum absolute atomic E-state index is 0.0280. The molecule has 0 N–H and O–H groups in total. The van der Waals surface area contributed by atoms with Crippen molar-refractivity contribution < 1.29 is 9.47 Å². The predicted molar refractivity (Wildman–Crippen MR) is 101 cm³/mol. The number of rotatable bonds is 3. The van der Waals surface area contributed by atoms with E-state index in [9.17, 15) is 0 Å². The Morgan fingerprint density at radius 2 is 2.04 bits per heavy atom. The van der Waals surface area contributed by atoms with Gasteiger partial charge in [0.2, 0.25) is 5.95 Å². The van der Waals surface area contributed by atoms with Gasteiger partial charge in [-0.3, -0.25) is 9.88 Å². The number of likely N-dealkylation sites (tertiary alicyclic amines) is 1. The number of pyridine rings is 1. The van der Waals surface area contributed by atoms with Crippen molar-refractivity contribution in [1.29, 1.82) is 0 Å². The monoisotopic (exact) mass is 367 g/mol. The number of nitrogens with zero attached hydrogens (tertiary/aromatic N) is 5. The quantitative estimate of drug-likeness (QED) is 0.812. The van der Waals surface area contributed by atoms with E-state index < -0.39 is 0 Å². The summed E-state index contributed by atoms with van der Waals surface area (Å²) in [7, 11) is 0. The molecule has 0 aliphatic carbocycles. The predicted octanol–water partition coefficient (Wildman–Crippen LogP) is 1.38. The van der Waals surface area contributed by atoms with Crippen LogP contribution in [0.3, 0.4) is 0 Å². The van der Waals surface area contributed by atoms with Gasteiger partial charge in [-0.15, -0.1) is 0 Å². The fourth-order valence-electron chi connectivity index (χ4n) is 4.46. The van der Waals surface area contributed by atoms with Crippen LogP contribution in [0.5, 0.6) is 0 Å². The number of hydrogen-bond donors (Lipinski definition) is 0. The van der Waals surface area contributed by atoms with E-state index >= 15 is 0 Å². The van der Waals surface area contributed by atoms with Crippen molar-refractivity contribution in [2.75, 3.05) is 50.9 Å². The lowest BCUT2D eigenvalue weighted by atomic mass is 9.80. The Labute approximate surface area is 159 Å². The van der Waals surface area contributed by atoms with E-state index in [0.717, 1.165) is 70.5 Å². The van der Waals surface area contributed by atoms with E-state index in [0.29, 0.717) is 6.61 Å². The number of morpholine rings is 1. The molecule has 3 aliphatic rings. The Hall–Kier alpha value is -2.09. The molecule has 142 valence electrons. The van der Waals surface area contributed by atoms with Crippen molar-refractivity contribution in [2.24, 2.45) is 0 Å². The molecule has 2 aromatic rings. The summed E-state index contributed by atoms with van der Waals surface area (Å²) in [6.45, 7) is 7.49. The molecule has 1 atom stereocenters. The average molecular weight is 367 g/mol. The summed E-state index contributed by atoms with van der Waals surface area (Å²) in [6, 6.07) is 4.14.